The van der Waals surface area contributed by atoms with Gasteiger partial charge >= 0.3 is 0 Å². The third-order valence-corrected chi connectivity index (χ3v) is 4.04. The molecule has 1 unspecified atom stereocenters. The molecule has 1 atom stereocenters. The largest absolute Gasteiger partial charge is 0.494 e. The van der Waals surface area contributed by atoms with Crippen LogP contribution < -0.4 is 10.5 Å². The average molecular weight is 324 g/mol. The Kier molecular flexibility index (Phi) is 5.51. The van der Waals surface area contributed by atoms with E-state index in [-0.39, 0.29) is 6.04 Å². The Hall–Kier alpha value is -1.22. The van der Waals surface area contributed by atoms with Crippen LogP contribution in [0.2, 0.25) is 10.0 Å². The Labute approximate surface area is 135 Å². The second-order valence-electron chi connectivity index (χ2n) is 5.03. The lowest BCUT2D eigenvalue weighted by Crippen LogP contribution is -2.15. The van der Waals surface area contributed by atoms with Gasteiger partial charge in [0, 0.05) is 11.6 Å². The highest BCUT2D eigenvalue weighted by molar-refractivity contribution is 6.42. The quantitative estimate of drug-likeness (QED) is 0.845. The molecule has 0 aliphatic carbocycles. The van der Waals surface area contributed by atoms with E-state index < -0.39 is 0 Å². The summed E-state index contributed by atoms with van der Waals surface area (Å²) >= 11 is 12.0. The number of aryl methyl sites for hydroxylation is 1. The fraction of sp³-hybridized carbons (Fsp3) is 0.294. The molecule has 0 saturated heterocycles. The van der Waals surface area contributed by atoms with E-state index in [4.69, 9.17) is 33.7 Å². The van der Waals surface area contributed by atoms with Gasteiger partial charge in [-0.05, 0) is 44.0 Å². The summed E-state index contributed by atoms with van der Waals surface area (Å²) in [6.07, 6.45) is 0.681. The summed E-state index contributed by atoms with van der Waals surface area (Å²) in [4.78, 5) is 0. The molecule has 2 aromatic carbocycles. The maximum absolute atomic E-state index is 6.36. The number of rotatable bonds is 5. The lowest BCUT2D eigenvalue weighted by molar-refractivity contribution is 0.334. The first-order chi connectivity index (χ1) is 10.0. The first-order valence-electron chi connectivity index (χ1n) is 6.94. The molecule has 0 aliphatic rings. The van der Waals surface area contributed by atoms with Crippen LogP contribution in [0.1, 0.15) is 29.7 Å². The first kappa shape index (κ1) is 16.2. The lowest BCUT2D eigenvalue weighted by Gasteiger charge is -2.17. The third kappa shape index (κ3) is 4.13. The standard InChI is InChI=1S/C17H19Cl2NO/c1-3-21-17-7-4-11(2)8-13(17)16(20)10-12-5-6-14(18)15(19)9-12/h4-9,16H,3,10,20H2,1-2H3. The molecule has 21 heavy (non-hydrogen) atoms. The van der Waals surface area contributed by atoms with E-state index in [2.05, 4.69) is 6.07 Å². The van der Waals surface area contributed by atoms with Gasteiger partial charge in [0.2, 0.25) is 0 Å². The summed E-state index contributed by atoms with van der Waals surface area (Å²) in [5.41, 5.74) is 9.60. The van der Waals surface area contributed by atoms with Crippen molar-refractivity contribution in [3.8, 4) is 5.75 Å². The highest BCUT2D eigenvalue weighted by Crippen LogP contribution is 2.29. The van der Waals surface area contributed by atoms with Crippen LogP contribution in [0.3, 0.4) is 0 Å². The van der Waals surface area contributed by atoms with Crippen molar-refractivity contribution in [3.63, 3.8) is 0 Å². The molecule has 2 N–H and O–H groups in total. The molecule has 0 aliphatic heterocycles. The van der Waals surface area contributed by atoms with Crippen LogP contribution in [0.25, 0.3) is 0 Å². The van der Waals surface area contributed by atoms with E-state index >= 15 is 0 Å². The van der Waals surface area contributed by atoms with Crippen molar-refractivity contribution < 1.29 is 4.74 Å². The maximum Gasteiger partial charge on any atom is 0.124 e. The minimum atomic E-state index is -0.149. The van der Waals surface area contributed by atoms with Gasteiger partial charge in [-0.25, -0.2) is 0 Å². The van der Waals surface area contributed by atoms with Crippen LogP contribution in [0.4, 0.5) is 0 Å². The summed E-state index contributed by atoms with van der Waals surface area (Å²) in [7, 11) is 0. The van der Waals surface area contributed by atoms with Gasteiger partial charge in [-0.2, -0.15) is 0 Å². The number of ether oxygens (including phenoxy) is 1. The molecule has 2 rings (SSSR count). The van der Waals surface area contributed by atoms with Gasteiger partial charge in [0.25, 0.3) is 0 Å². The molecule has 2 nitrogen and oxygen atoms in total. The summed E-state index contributed by atoms with van der Waals surface area (Å²) in [6.45, 7) is 4.63. The Morgan fingerprint density at radius 1 is 1.10 bits per heavy atom. The Bertz CT molecular complexity index is 628. The summed E-state index contributed by atoms with van der Waals surface area (Å²) in [6, 6.07) is 11.5. The molecule has 0 fully saturated rings. The Morgan fingerprint density at radius 3 is 2.52 bits per heavy atom. The maximum atomic E-state index is 6.36. The molecule has 0 radical (unpaired) electrons. The second-order valence-corrected chi connectivity index (χ2v) is 5.85. The Morgan fingerprint density at radius 2 is 1.86 bits per heavy atom. The van der Waals surface area contributed by atoms with Crippen LogP contribution in [-0.2, 0) is 6.42 Å². The van der Waals surface area contributed by atoms with Crippen LogP contribution in [0, 0.1) is 6.92 Å². The highest BCUT2D eigenvalue weighted by Gasteiger charge is 2.14. The zero-order valence-electron chi connectivity index (χ0n) is 12.2. The fourth-order valence-electron chi connectivity index (χ4n) is 2.28. The van der Waals surface area contributed by atoms with Gasteiger partial charge < -0.3 is 10.5 Å². The van der Waals surface area contributed by atoms with Crippen molar-refractivity contribution in [1.29, 1.82) is 0 Å². The van der Waals surface area contributed by atoms with Crippen LogP contribution in [0.15, 0.2) is 36.4 Å². The zero-order valence-corrected chi connectivity index (χ0v) is 13.7. The van der Waals surface area contributed by atoms with Crippen molar-refractivity contribution in [2.24, 2.45) is 5.73 Å². The van der Waals surface area contributed by atoms with E-state index in [1.807, 2.05) is 38.1 Å². The Balaban J connectivity index is 2.24. The number of halogens is 2. The molecule has 2 aromatic rings. The van der Waals surface area contributed by atoms with E-state index in [0.29, 0.717) is 23.1 Å². The predicted molar refractivity (Wildman–Crippen MR) is 89.4 cm³/mol. The van der Waals surface area contributed by atoms with E-state index in [9.17, 15) is 0 Å². The van der Waals surface area contributed by atoms with Crippen molar-refractivity contribution >= 4 is 23.2 Å². The second kappa shape index (κ2) is 7.17. The van der Waals surface area contributed by atoms with E-state index in [0.717, 1.165) is 22.4 Å². The molecular formula is C17H19Cl2NO. The third-order valence-electron chi connectivity index (χ3n) is 3.30. The van der Waals surface area contributed by atoms with Crippen molar-refractivity contribution in [2.45, 2.75) is 26.3 Å². The van der Waals surface area contributed by atoms with Gasteiger partial charge in [0.05, 0.1) is 16.7 Å². The highest BCUT2D eigenvalue weighted by atomic mass is 35.5. The van der Waals surface area contributed by atoms with Crippen molar-refractivity contribution in [3.05, 3.63) is 63.1 Å². The summed E-state index contributed by atoms with van der Waals surface area (Å²) < 4.78 is 5.67. The smallest absolute Gasteiger partial charge is 0.124 e. The van der Waals surface area contributed by atoms with Crippen molar-refractivity contribution in [1.82, 2.24) is 0 Å². The van der Waals surface area contributed by atoms with Gasteiger partial charge in [-0.15, -0.1) is 0 Å². The first-order valence-corrected chi connectivity index (χ1v) is 7.69. The minimum absolute atomic E-state index is 0.149. The van der Waals surface area contributed by atoms with E-state index in [1.165, 1.54) is 0 Å². The van der Waals surface area contributed by atoms with Gasteiger partial charge in [-0.3, -0.25) is 0 Å². The zero-order chi connectivity index (χ0) is 15.4. The molecule has 0 amide bonds. The normalized spacial score (nSPS) is 12.2. The van der Waals surface area contributed by atoms with E-state index in [1.54, 1.807) is 6.07 Å². The van der Waals surface area contributed by atoms with Gasteiger partial charge in [-0.1, -0.05) is 47.0 Å². The number of hydrogen-bond acceptors (Lipinski definition) is 2. The molecule has 0 heterocycles. The molecule has 4 heteroatoms. The molecule has 0 bridgehead atoms. The lowest BCUT2D eigenvalue weighted by atomic mass is 9.97. The molecule has 0 spiro atoms. The molecular weight excluding hydrogens is 305 g/mol. The topological polar surface area (TPSA) is 35.2 Å². The van der Waals surface area contributed by atoms with Crippen LogP contribution in [-0.4, -0.2) is 6.61 Å². The SMILES string of the molecule is CCOc1ccc(C)cc1C(N)Cc1ccc(Cl)c(Cl)c1. The van der Waals surface area contributed by atoms with Crippen molar-refractivity contribution in [2.75, 3.05) is 6.61 Å². The fourth-order valence-corrected chi connectivity index (χ4v) is 2.60. The molecule has 112 valence electrons. The number of nitrogens with two attached hydrogens (primary N) is 1. The number of hydrogen-bond donors (Lipinski definition) is 1. The van der Waals surface area contributed by atoms with Crippen LogP contribution >= 0.6 is 23.2 Å². The van der Waals surface area contributed by atoms with Gasteiger partial charge in [0.15, 0.2) is 0 Å². The molecule has 0 aromatic heterocycles. The average Bonchev–Trinajstić information content (AvgIpc) is 2.45. The number of benzene rings is 2. The summed E-state index contributed by atoms with van der Waals surface area (Å²) in [5.74, 6) is 0.843. The van der Waals surface area contributed by atoms with Gasteiger partial charge in [0.1, 0.15) is 5.75 Å². The monoisotopic (exact) mass is 323 g/mol. The van der Waals surface area contributed by atoms with Crippen LogP contribution in [0.5, 0.6) is 5.75 Å². The molecule has 0 saturated carbocycles. The predicted octanol–water partition coefficient (Wildman–Crippen LogP) is 4.94. The minimum Gasteiger partial charge on any atom is -0.494 e. The summed E-state index contributed by atoms with van der Waals surface area (Å²) in [5, 5.41) is 1.11.